The molecule has 2 aromatic carbocycles. The first-order valence-electron chi connectivity index (χ1n) is 9.48. The molecule has 3 aromatic heterocycles. The molecule has 5 aromatic rings. The van der Waals surface area contributed by atoms with Gasteiger partial charge >= 0.3 is 0 Å². The highest BCUT2D eigenvalue weighted by molar-refractivity contribution is 7.98. The minimum atomic E-state index is -0.0991. The first-order valence-corrected chi connectivity index (χ1v) is 11.4. The number of nitrogens with zero attached hydrogens (tertiary/aromatic N) is 3. The van der Waals surface area contributed by atoms with Gasteiger partial charge in [0.05, 0.1) is 16.8 Å². The molecule has 0 spiro atoms. The Labute approximate surface area is 181 Å². The van der Waals surface area contributed by atoms with Crippen LogP contribution in [0.15, 0.2) is 82.3 Å². The molecule has 0 aliphatic heterocycles. The van der Waals surface area contributed by atoms with Gasteiger partial charge in [-0.3, -0.25) is 9.36 Å². The first-order chi connectivity index (χ1) is 14.7. The molecule has 0 unspecified atom stereocenters. The van der Waals surface area contributed by atoms with Gasteiger partial charge in [-0.1, -0.05) is 60.3 Å². The van der Waals surface area contributed by atoms with Crippen molar-refractivity contribution in [2.75, 3.05) is 0 Å². The molecule has 7 heteroatoms. The molecule has 0 radical (unpaired) electrons. The SMILES string of the molecule is Cc1ccccc1-n1ccnc1SCc1nc2scc(-c3ccccc3)c2c(=O)[nH]1. The number of nitrogens with one attached hydrogen (secondary N) is 1. The number of para-hydroxylation sites is 1. The molecule has 0 fully saturated rings. The number of thiophene rings is 1. The summed E-state index contributed by atoms with van der Waals surface area (Å²) in [4.78, 5) is 25.7. The molecule has 0 atom stereocenters. The van der Waals surface area contributed by atoms with Crippen LogP contribution in [0.3, 0.4) is 0 Å². The van der Waals surface area contributed by atoms with Gasteiger partial charge in [0.15, 0.2) is 5.16 Å². The lowest BCUT2D eigenvalue weighted by atomic mass is 10.1. The number of H-pyrrole nitrogens is 1. The summed E-state index contributed by atoms with van der Waals surface area (Å²) in [6, 6.07) is 18.1. The average molecular weight is 431 g/mol. The number of imidazole rings is 1. The second kappa shape index (κ2) is 7.93. The van der Waals surface area contributed by atoms with Crippen molar-refractivity contribution in [3.05, 3.63) is 94.1 Å². The highest BCUT2D eigenvalue weighted by Crippen LogP contribution is 2.31. The fourth-order valence-electron chi connectivity index (χ4n) is 3.44. The number of benzene rings is 2. The normalized spacial score (nSPS) is 11.2. The molecule has 0 saturated heterocycles. The molecule has 0 amide bonds. The van der Waals surface area contributed by atoms with Gasteiger partial charge in [-0.15, -0.1) is 11.3 Å². The lowest BCUT2D eigenvalue weighted by Gasteiger charge is -2.10. The lowest BCUT2D eigenvalue weighted by Crippen LogP contribution is -2.11. The van der Waals surface area contributed by atoms with Gasteiger partial charge in [-0.25, -0.2) is 9.97 Å². The minimum absolute atomic E-state index is 0.0991. The predicted molar refractivity (Wildman–Crippen MR) is 124 cm³/mol. The van der Waals surface area contributed by atoms with Crippen LogP contribution in [0, 0.1) is 6.92 Å². The van der Waals surface area contributed by atoms with E-state index in [1.165, 1.54) is 16.9 Å². The van der Waals surface area contributed by atoms with Crippen LogP contribution in [0.25, 0.3) is 27.0 Å². The van der Waals surface area contributed by atoms with E-state index in [0.717, 1.165) is 26.8 Å². The van der Waals surface area contributed by atoms with E-state index in [1.54, 1.807) is 18.0 Å². The molecule has 1 N–H and O–H groups in total. The first kappa shape index (κ1) is 18.8. The fraction of sp³-hybridized carbons (Fsp3) is 0.0870. The van der Waals surface area contributed by atoms with Crippen LogP contribution in [0.2, 0.25) is 0 Å². The third kappa shape index (κ3) is 3.46. The number of aryl methyl sites for hydroxylation is 1. The molecule has 5 rings (SSSR count). The summed E-state index contributed by atoms with van der Waals surface area (Å²) in [6.07, 6.45) is 3.75. The van der Waals surface area contributed by atoms with Crippen molar-refractivity contribution in [3.63, 3.8) is 0 Å². The van der Waals surface area contributed by atoms with E-state index in [2.05, 4.69) is 33.6 Å². The molecule has 0 aliphatic rings. The number of rotatable bonds is 5. The Bertz CT molecular complexity index is 1390. The van der Waals surface area contributed by atoms with Crippen LogP contribution >= 0.6 is 23.1 Å². The predicted octanol–water partition coefficient (Wildman–Crippen LogP) is 5.44. The highest BCUT2D eigenvalue weighted by atomic mass is 32.2. The van der Waals surface area contributed by atoms with E-state index < -0.39 is 0 Å². The van der Waals surface area contributed by atoms with E-state index in [-0.39, 0.29) is 5.56 Å². The van der Waals surface area contributed by atoms with Crippen molar-refractivity contribution in [1.29, 1.82) is 0 Å². The van der Waals surface area contributed by atoms with E-state index in [9.17, 15) is 4.79 Å². The molecule has 3 heterocycles. The summed E-state index contributed by atoms with van der Waals surface area (Å²) in [5, 5.41) is 3.52. The summed E-state index contributed by atoms with van der Waals surface area (Å²) in [5.74, 6) is 1.19. The second-order valence-corrected chi connectivity index (χ2v) is 8.66. The Balaban J connectivity index is 1.44. The Morgan fingerprint density at radius 2 is 1.90 bits per heavy atom. The number of aromatic amines is 1. The van der Waals surface area contributed by atoms with Gasteiger partial charge in [0, 0.05) is 23.3 Å². The zero-order valence-corrected chi connectivity index (χ0v) is 17.8. The minimum Gasteiger partial charge on any atom is -0.309 e. The van der Waals surface area contributed by atoms with Crippen molar-refractivity contribution in [2.45, 2.75) is 17.8 Å². The molecular weight excluding hydrogens is 412 g/mol. The maximum Gasteiger partial charge on any atom is 0.260 e. The quantitative estimate of drug-likeness (QED) is 0.377. The van der Waals surface area contributed by atoms with E-state index in [1.807, 2.05) is 54.0 Å². The number of thioether (sulfide) groups is 1. The summed E-state index contributed by atoms with van der Waals surface area (Å²) < 4.78 is 2.06. The third-order valence-electron chi connectivity index (χ3n) is 4.90. The maximum absolute atomic E-state index is 12.8. The van der Waals surface area contributed by atoms with Crippen LogP contribution in [0.5, 0.6) is 0 Å². The van der Waals surface area contributed by atoms with Gasteiger partial charge in [-0.05, 0) is 24.1 Å². The molecule has 0 aliphatic carbocycles. The lowest BCUT2D eigenvalue weighted by molar-refractivity contribution is 0.885. The molecule has 0 saturated carbocycles. The molecule has 0 bridgehead atoms. The Hall–Kier alpha value is -3.16. The van der Waals surface area contributed by atoms with E-state index >= 15 is 0 Å². The van der Waals surface area contributed by atoms with Gasteiger partial charge < -0.3 is 4.98 Å². The van der Waals surface area contributed by atoms with Gasteiger partial charge in [0.1, 0.15) is 10.7 Å². The standard InChI is InChI=1S/C23H18N4OS2/c1-15-7-5-6-10-18(15)27-12-11-24-23(27)30-14-19-25-21(28)20-17(13-29-22(20)26-19)16-8-3-2-4-9-16/h2-13H,14H2,1H3,(H,25,26,28). The molecular formula is C23H18N4OS2. The van der Waals surface area contributed by atoms with E-state index in [0.29, 0.717) is 17.0 Å². The molecule has 148 valence electrons. The van der Waals surface area contributed by atoms with E-state index in [4.69, 9.17) is 4.98 Å². The van der Waals surface area contributed by atoms with Crippen LogP contribution < -0.4 is 5.56 Å². The van der Waals surface area contributed by atoms with Crippen LogP contribution in [0.1, 0.15) is 11.4 Å². The Kier molecular flexibility index (Phi) is 4.98. The Morgan fingerprint density at radius 1 is 1.10 bits per heavy atom. The topological polar surface area (TPSA) is 63.6 Å². The highest BCUT2D eigenvalue weighted by Gasteiger charge is 2.14. The van der Waals surface area contributed by atoms with Gasteiger partial charge in [0.25, 0.3) is 5.56 Å². The average Bonchev–Trinajstić information content (AvgIpc) is 3.40. The summed E-state index contributed by atoms with van der Waals surface area (Å²) in [6.45, 7) is 2.08. The zero-order chi connectivity index (χ0) is 20.5. The molecule has 5 nitrogen and oxygen atoms in total. The number of hydrogen-bond acceptors (Lipinski definition) is 5. The fourth-order valence-corrected chi connectivity index (χ4v) is 5.24. The smallest absolute Gasteiger partial charge is 0.260 e. The number of hydrogen-bond donors (Lipinski definition) is 1. The van der Waals surface area contributed by atoms with Crippen molar-refractivity contribution in [1.82, 2.24) is 19.5 Å². The van der Waals surface area contributed by atoms with Crippen LogP contribution in [-0.2, 0) is 5.75 Å². The monoisotopic (exact) mass is 430 g/mol. The zero-order valence-electron chi connectivity index (χ0n) is 16.2. The molecule has 30 heavy (non-hydrogen) atoms. The van der Waals surface area contributed by atoms with Crippen LogP contribution in [-0.4, -0.2) is 19.5 Å². The summed E-state index contributed by atoms with van der Waals surface area (Å²) in [5.41, 5.74) is 4.13. The summed E-state index contributed by atoms with van der Waals surface area (Å²) in [7, 11) is 0. The van der Waals surface area contributed by atoms with Crippen molar-refractivity contribution >= 4 is 33.3 Å². The third-order valence-corrected chi connectivity index (χ3v) is 6.75. The second-order valence-electron chi connectivity index (χ2n) is 6.86. The Morgan fingerprint density at radius 3 is 2.73 bits per heavy atom. The van der Waals surface area contributed by atoms with Crippen molar-refractivity contribution < 1.29 is 0 Å². The summed E-state index contributed by atoms with van der Waals surface area (Å²) >= 11 is 3.06. The number of aromatic nitrogens is 4. The largest absolute Gasteiger partial charge is 0.309 e. The van der Waals surface area contributed by atoms with Crippen molar-refractivity contribution in [2.24, 2.45) is 0 Å². The van der Waals surface area contributed by atoms with Crippen LogP contribution in [0.4, 0.5) is 0 Å². The maximum atomic E-state index is 12.8. The van der Waals surface area contributed by atoms with Crippen molar-refractivity contribution in [3.8, 4) is 16.8 Å². The van der Waals surface area contributed by atoms with Gasteiger partial charge in [0.2, 0.25) is 0 Å². The van der Waals surface area contributed by atoms with Gasteiger partial charge in [-0.2, -0.15) is 0 Å². The number of fused-ring (bicyclic) bond motifs is 1.